The molecular weight excluding hydrogens is 423 g/mol. The van der Waals surface area contributed by atoms with Gasteiger partial charge in [0.1, 0.15) is 5.82 Å². The van der Waals surface area contributed by atoms with E-state index >= 15 is 0 Å². The second kappa shape index (κ2) is 8.82. The summed E-state index contributed by atoms with van der Waals surface area (Å²) in [6.45, 7) is 4.57. The molecule has 3 heterocycles. The number of amides is 3. The van der Waals surface area contributed by atoms with Gasteiger partial charge in [0.15, 0.2) is 18.2 Å². The van der Waals surface area contributed by atoms with E-state index in [1.54, 1.807) is 19.2 Å². The van der Waals surface area contributed by atoms with Crippen molar-refractivity contribution < 1.29 is 14.0 Å². The summed E-state index contributed by atoms with van der Waals surface area (Å²) in [7, 11) is 1.65. The van der Waals surface area contributed by atoms with Crippen LogP contribution in [0.25, 0.3) is 0 Å². The number of fused-ring (bicyclic) bond motifs is 1. The third-order valence-electron chi connectivity index (χ3n) is 6.51. The number of aliphatic imine (C=N–C) groups is 1. The van der Waals surface area contributed by atoms with Gasteiger partial charge in [-0.15, -0.1) is 0 Å². The predicted molar refractivity (Wildman–Crippen MR) is 122 cm³/mol. The molecule has 0 aliphatic carbocycles. The molecule has 33 heavy (non-hydrogen) atoms. The summed E-state index contributed by atoms with van der Waals surface area (Å²) in [5, 5.41) is 2.43. The van der Waals surface area contributed by atoms with E-state index in [2.05, 4.69) is 39.4 Å². The Morgan fingerprint density at radius 3 is 2.30 bits per heavy atom. The summed E-state index contributed by atoms with van der Waals surface area (Å²) in [4.78, 5) is 37.9. The first kappa shape index (κ1) is 21.4. The molecule has 0 aromatic heterocycles. The van der Waals surface area contributed by atoms with Gasteiger partial charge in [-0.25, -0.2) is 14.2 Å². The lowest BCUT2D eigenvalue weighted by atomic mass is 10.1. The molecule has 9 heteroatoms. The zero-order valence-electron chi connectivity index (χ0n) is 18.5. The zero-order chi connectivity index (χ0) is 22.9. The van der Waals surface area contributed by atoms with Gasteiger partial charge >= 0.3 is 6.03 Å². The van der Waals surface area contributed by atoms with Crippen molar-refractivity contribution >= 4 is 17.9 Å². The van der Waals surface area contributed by atoms with Gasteiger partial charge in [-0.3, -0.25) is 15.0 Å². The quantitative estimate of drug-likeness (QED) is 0.768. The number of hydrogen-bond donors (Lipinski definition) is 1. The summed E-state index contributed by atoms with van der Waals surface area (Å²) in [6, 6.07) is 15.6. The molecule has 2 unspecified atom stereocenters. The molecule has 2 saturated heterocycles. The van der Waals surface area contributed by atoms with Gasteiger partial charge in [-0.2, -0.15) is 0 Å². The number of guanidine groups is 1. The van der Waals surface area contributed by atoms with Gasteiger partial charge < -0.3 is 14.7 Å². The van der Waals surface area contributed by atoms with Crippen LogP contribution >= 0.6 is 0 Å². The Morgan fingerprint density at radius 2 is 1.61 bits per heavy atom. The Kier molecular flexibility index (Phi) is 5.72. The molecule has 0 radical (unpaired) electrons. The minimum atomic E-state index is -0.616. The van der Waals surface area contributed by atoms with Crippen molar-refractivity contribution in [3.63, 3.8) is 0 Å². The predicted octanol–water partition coefficient (Wildman–Crippen LogP) is 1.69. The van der Waals surface area contributed by atoms with Gasteiger partial charge in [0, 0.05) is 46.3 Å². The molecule has 5 rings (SSSR count). The maximum Gasteiger partial charge on any atom is 0.325 e. The van der Waals surface area contributed by atoms with Crippen LogP contribution in [0, 0.1) is 5.82 Å². The molecule has 3 aliphatic rings. The summed E-state index contributed by atoms with van der Waals surface area (Å²) in [5.74, 6) is 0.0549. The third-order valence-corrected chi connectivity index (χ3v) is 6.51. The van der Waals surface area contributed by atoms with Gasteiger partial charge in [0.25, 0.3) is 5.91 Å². The van der Waals surface area contributed by atoms with Crippen LogP contribution in [-0.4, -0.2) is 82.9 Å². The molecule has 0 spiro atoms. The maximum atomic E-state index is 13.4. The SMILES string of the molecule is CN1C(=O)NC(=O)C2C1N=C(N1CCN(Cc3ccccc3)CC1)N2Cc1ccc(F)cc1. The fourth-order valence-corrected chi connectivity index (χ4v) is 4.68. The lowest BCUT2D eigenvalue weighted by molar-refractivity contribution is -0.127. The number of imide groups is 1. The zero-order valence-corrected chi connectivity index (χ0v) is 18.5. The molecule has 8 nitrogen and oxygen atoms in total. The molecule has 0 saturated carbocycles. The Morgan fingerprint density at radius 1 is 0.939 bits per heavy atom. The maximum absolute atomic E-state index is 13.4. The molecule has 3 aliphatic heterocycles. The first-order chi connectivity index (χ1) is 16.0. The molecule has 2 fully saturated rings. The van der Waals surface area contributed by atoms with Crippen molar-refractivity contribution in [1.29, 1.82) is 0 Å². The number of piperazine rings is 1. The van der Waals surface area contributed by atoms with E-state index in [9.17, 15) is 14.0 Å². The van der Waals surface area contributed by atoms with Gasteiger partial charge in [0.05, 0.1) is 0 Å². The highest BCUT2D eigenvalue weighted by Crippen LogP contribution is 2.28. The smallest absolute Gasteiger partial charge is 0.325 e. The Labute approximate surface area is 192 Å². The lowest BCUT2D eigenvalue weighted by Gasteiger charge is -2.40. The van der Waals surface area contributed by atoms with Crippen molar-refractivity contribution in [1.82, 2.24) is 24.9 Å². The Balaban J connectivity index is 1.35. The summed E-state index contributed by atoms with van der Waals surface area (Å²) in [5.41, 5.74) is 2.16. The summed E-state index contributed by atoms with van der Waals surface area (Å²) < 4.78 is 13.4. The molecule has 2 aromatic rings. The third kappa shape index (κ3) is 4.28. The molecule has 1 N–H and O–H groups in total. The van der Waals surface area contributed by atoms with Crippen LogP contribution < -0.4 is 5.32 Å². The minimum absolute atomic E-state index is 0.304. The van der Waals surface area contributed by atoms with E-state index in [-0.39, 0.29) is 11.7 Å². The second-order valence-electron chi connectivity index (χ2n) is 8.70. The van der Waals surface area contributed by atoms with Crippen molar-refractivity contribution in [3.8, 4) is 0 Å². The van der Waals surface area contributed by atoms with Gasteiger partial charge in [-0.05, 0) is 23.3 Å². The van der Waals surface area contributed by atoms with Crippen molar-refractivity contribution in [2.45, 2.75) is 25.3 Å². The molecule has 3 amide bonds. The number of carbonyl (C=O) groups excluding carboxylic acids is 2. The minimum Gasteiger partial charge on any atom is -0.340 e. The number of urea groups is 1. The van der Waals surface area contributed by atoms with Crippen LogP contribution in [0.1, 0.15) is 11.1 Å². The fourth-order valence-electron chi connectivity index (χ4n) is 4.68. The number of hydrogen-bond acceptors (Lipinski definition) is 6. The largest absolute Gasteiger partial charge is 0.340 e. The monoisotopic (exact) mass is 450 g/mol. The van der Waals surface area contributed by atoms with Crippen molar-refractivity contribution in [2.24, 2.45) is 4.99 Å². The topological polar surface area (TPSA) is 71.5 Å². The number of nitrogens with one attached hydrogen (secondary N) is 1. The fraction of sp³-hybridized carbons (Fsp3) is 0.375. The number of nitrogens with zero attached hydrogens (tertiary/aromatic N) is 5. The molecule has 172 valence electrons. The normalized spacial score (nSPS) is 23.5. The van der Waals surface area contributed by atoms with Crippen LogP contribution in [0.5, 0.6) is 0 Å². The van der Waals surface area contributed by atoms with E-state index in [0.29, 0.717) is 12.5 Å². The molecule has 0 bridgehead atoms. The van der Waals surface area contributed by atoms with E-state index in [1.165, 1.54) is 22.6 Å². The number of halogens is 1. The Bertz CT molecular complexity index is 1050. The Hall–Kier alpha value is -3.46. The molecule has 2 atom stereocenters. The van der Waals surface area contributed by atoms with Crippen LogP contribution in [0.4, 0.5) is 9.18 Å². The van der Waals surface area contributed by atoms with Crippen molar-refractivity contribution in [3.05, 3.63) is 71.5 Å². The summed E-state index contributed by atoms with van der Waals surface area (Å²) >= 11 is 0. The van der Waals surface area contributed by atoms with E-state index in [1.807, 2.05) is 11.0 Å². The number of rotatable bonds is 4. The van der Waals surface area contributed by atoms with Crippen LogP contribution in [0.2, 0.25) is 0 Å². The average Bonchev–Trinajstić information content (AvgIpc) is 3.20. The van der Waals surface area contributed by atoms with Crippen LogP contribution in [0.15, 0.2) is 59.6 Å². The highest BCUT2D eigenvalue weighted by Gasteiger charge is 2.49. The number of carbonyl (C=O) groups is 2. The number of likely N-dealkylation sites (N-methyl/N-ethyl adjacent to an activating group) is 1. The highest BCUT2D eigenvalue weighted by molar-refractivity contribution is 6.03. The first-order valence-corrected chi connectivity index (χ1v) is 11.2. The van der Waals surface area contributed by atoms with E-state index in [0.717, 1.165) is 38.3 Å². The van der Waals surface area contributed by atoms with Crippen LogP contribution in [-0.2, 0) is 17.9 Å². The standard InChI is InChI=1S/C24H27FN6O2/c1-28-21-20(22(32)27-24(28)33)31(16-18-7-9-19(25)10-8-18)23(26-21)30-13-11-29(12-14-30)15-17-5-3-2-4-6-17/h2-10,20-21H,11-16H2,1H3,(H,27,32,33). The van der Waals surface area contributed by atoms with E-state index < -0.39 is 18.2 Å². The molecular formula is C24H27FN6O2. The van der Waals surface area contributed by atoms with Crippen LogP contribution in [0.3, 0.4) is 0 Å². The van der Waals surface area contributed by atoms with Gasteiger partial charge in [0.2, 0.25) is 0 Å². The summed E-state index contributed by atoms with van der Waals surface area (Å²) in [6.07, 6.45) is -0.580. The van der Waals surface area contributed by atoms with Gasteiger partial charge in [-0.1, -0.05) is 42.5 Å². The highest BCUT2D eigenvalue weighted by atomic mass is 19.1. The lowest BCUT2D eigenvalue weighted by Crippen LogP contribution is -2.64. The van der Waals surface area contributed by atoms with E-state index in [4.69, 9.17) is 4.99 Å². The number of benzene rings is 2. The average molecular weight is 451 g/mol. The molecule has 2 aromatic carbocycles. The van der Waals surface area contributed by atoms with Crippen molar-refractivity contribution in [2.75, 3.05) is 33.2 Å². The second-order valence-corrected chi connectivity index (χ2v) is 8.70. The first-order valence-electron chi connectivity index (χ1n) is 11.2.